The highest BCUT2D eigenvalue weighted by molar-refractivity contribution is 5.64. The summed E-state index contributed by atoms with van der Waals surface area (Å²) in [7, 11) is 0. The summed E-state index contributed by atoms with van der Waals surface area (Å²) in [6.45, 7) is 3.86. The summed E-state index contributed by atoms with van der Waals surface area (Å²) in [6.07, 6.45) is 12.2. The van der Waals surface area contributed by atoms with E-state index in [0.29, 0.717) is 11.5 Å². The van der Waals surface area contributed by atoms with Gasteiger partial charge in [0.15, 0.2) is 0 Å². The maximum atomic E-state index is 14.8. The maximum absolute atomic E-state index is 14.8. The van der Waals surface area contributed by atoms with E-state index >= 15 is 0 Å². The number of benzene rings is 2. The van der Waals surface area contributed by atoms with Crippen LogP contribution in [0.3, 0.4) is 0 Å². The van der Waals surface area contributed by atoms with Gasteiger partial charge in [-0.2, -0.15) is 0 Å². The van der Waals surface area contributed by atoms with Gasteiger partial charge in [-0.15, -0.1) is 6.58 Å². The van der Waals surface area contributed by atoms with Gasteiger partial charge >= 0.3 is 0 Å². The molecule has 0 spiro atoms. The molecule has 0 aliphatic heterocycles. The highest BCUT2D eigenvalue weighted by Gasteiger charge is 2.35. The molecule has 2 aliphatic carbocycles. The maximum Gasteiger partial charge on any atom is 0.131 e. The average Bonchev–Trinajstić information content (AvgIpc) is 2.72. The van der Waals surface area contributed by atoms with Crippen LogP contribution in [-0.2, 0) is 0 Å². The minimum atomic E-state index is -0.295. The van der Waals surface area contributed by atoms with Crippen LogP contribution >= 0.6 is 0 Å². The molecule has 4 atom stereocenters. The van der Waals surface area contributed by atoms with Gasteiger partial charge in [0.1, 0.15) is 11.6 Å². The van der Waals surface area contributed by atoms with E-state index in [1.54, 1.807) is 18.2 Å². The van der Waals surface area contributed by atoms with Crippen molar-refractivity contribution in [2.45, 2.75) is 57.3 Å². The van der Waals surface area contributed by atoms with Crippen LogP contribution in [0.25, 0.3) is 11.1 Å². The third kappa shape index (κ3) is 4.21. The molecule has 0 aromatic heterocycles. The van der Waals surface area contributed by atoms with Crippen molar-refractivity contribution < 1.29 is 8.78 Å². The molecule has 0 N–H and O–H groups in total. The van der Waals surface area contributed by atoms with Crippen LogP contribution in [0.1, 0.15) is 62.8 Å². The fourth-order valence-corrected chi connectivity index (χ4v) is 5.55. The van der Waals surface area contributed by atoms with Crippen LogP contribution in [0.15, 0.2) is 55.1 Å². The Morgan fingerprint density at radius 2 is 1.64 bits per heavy atom. The number of rotatable bonds is 5. The molecule has 0 heterocycles. The zero-order valence-electron chi connectivity index (χ0n) is 16.5. The molecule has 0 radical (unpaired) electrons. The Morgan fingerprint density at radius 1 is 0.893 bits per heavy atom. The Bertz CT molecular complexity index is 808. The smallest absolute Gasteiger partial charge is 0.131 e. The molecule has 2 aromatic rings. The third-order valence-electron chi connectivity index (χ3n) is 7.12. The first-order valence-corrected chi connectivity index (χ1v) is 10.8. The van der Waals surface area contributed by atoms with Crippen molar-refractivity contribution in [1.82, 2.24) is 0 Å². The highest BCUT2D eigenvalue weighted by Crippen LogP contribution is 2.48. The number of allylic oxidation sites excluding steroid dienone is 1. The summed E-state index contributed by atoms with van der Waals surface area (Å²) >= 11 is 0. The van der Waals surface area contributed by atoms with Gasteiger partial charge in [-0.25, -0.2) is 8.78 Å². The summed E-state index contributed by atoms with van der Waals surface area (Å²) in [5.74, 6) is 2.53. The lowest BCUT2D eigenvalue weighted by atomic mass is 9.63. The summed E-state index contributed by atoms with van der Waals surface area (Å²) in [6, 6.07) is 11.7. The largest absolute Gasteiger partial charge is 0.207 e. The molecule has 4 unspecified atom stereocenters. The van der Waals surface area contributed by atoms with Crippen molar-refractivity contribution in [3.63, 3.8) is 0 Å². The first kappa shape index (κ1) is 19.4. The first-order valence-electron chi connectivity index (χ1n) is 10.8. The Balaban J connectivity index is 1.42. The monoisotopic (exact) mass is 380 g/mol. The van der Waals surface area contributed by atoms with Crippen molar-refractivity contribution in [2.75, 3.05) is 0 Å². The van der Waals surface area contributed by atoms with E-state index in [1.165, 1.54) is 57.1 Å². The number of hydrogen-bond donors (Lipinski definition) is 0. The van der Waals surface area contributed by atoms with Crippen LogP contribution in [0.4, 0.5) is 8.78 Å². The van der Waals surface area contributed by atoms with Crippen molar-refractivity contribution in [3.05, 3.63) is 72.3 Å². The molecule has 0 amide bonds. The third-order valence-corrected chi connectivity index (χ3v) is 7.12. The van der Waals surface area contributed by atoms with Crippen molar-refractivity contribution in [2.24, 2.45) is 17.8 Å². The van der Waals surface area contributed by atoms with Crippen LogP contribution < -0.4 is 0 Å². The van der Waals surface area contributed by atoms with Crippen LogP contribution in [0.2, 0.25) is 0 Å². The average molecular weight is 381 g/mol. The molecule has 4 rings (SSSR count). The van der Waals surface area contributed by atoms with Gasteiger partial charge in [-0.05, 0) is 97.9 Å². The quantitative estimate of drug-likeness (QED) is 0.462. The van der Waals surface area contributed by atoms with Gasteiger partial charge in [-0.3, -0.25) is 0 Å². The van der Waals surface area contributed by atoms with Gasteiger partial charge in [0, 0.05) is 5.56 Å². The fourth-order valence-electron chi connectivity index (χ4n) is 5.55. The Labute approximate surface area is 167 Å². The van der Waals surface area contributed by atoms with Gasteiger partial charge in [0.25, 0.3) is 0 Å². The molecule has 0 saturated heterocycles. The van der Waals surface area contributed by atoms with E-state index in [-0.39, 0.29) is 11.6 Å². The molecule has 28 heavy (non-hydrogen) atoms. The Kier molecular flexibility index (Phi) is 5.94. The summed E-state index contributed by atoms with van der Waals surface area (Å²) in [5, 5.41) is 0. The molecule has 2 aromatic carbocycles. The molecule has 148 valence electrons. The second-order valence-corrected chi connectivity index (χ2v) is 8.82. The minimum absolute atomic E-state index is 0.195. The second kappa shape index (κ2) is 8.59. The first-order chi connectivity index (χ1) is 13.6. The lowest BCUT2D eigenvalue weighted by Crippen LogP contribution is -2.30. The van der Waals surface area contributed by atoms with Crippen molar-refractivity contribution in [1.29, 1.82) is 0 Å². The second-order valence-electron chi connectivity index (χ2n) is 8.82. The lowest BCUT2D eigenvalue weighted by molar-refractivity contribution is 0.115. The fraction of sp³-hybridized carbons (Fsp3) is 0.462. The van der Waals surface area contributed by atoms with E-state index in [9.17, 15) is 8.78 Å². The van der Waals surface area contributed by atoms with Crippen LogP contribution in [0.5, 0.6) is 0 Å². The van der Waals surface area contributed by atoms with E-state index in [0.717, 1.165) is 35.3 Å². The standard InChI is InChI=1S/C26H30F2/c1-2-3-4-18-5-6-21-16-22(8-7-20(21)15-18)23-11-14-25(26(28)17-23)19-9-12-24(27)13-10-19/h2,9-14,17-18,20-22H,1,3-8,15-16H2. The Hall–Kier alpha value is -1.96. The molecule has 2 heteroatoms. The number of halogens is 2. The number of fused-ring (bicyclic) bond motifs is 1. The molecular weight excluding hydrogens is 350 g/mol. The van der Waals surface area contributed by atoms with Crippen molar-refractivity contribution in [3.8, 4) is 11.1 Å². The van der Waals surface area contributed by atoms with Gasteiger partial charge < -0.3 is 0 Å². The summed E-state index contributed by atoms with van der Waals surface area (Å²) in [5.41, 5.74) is 2.42. The minimum Gasteiger partial charge on any atom is -0.207 e. The highest BCUT2D eigenvalue weighted by atomic mass is 19.1. The molecule has 2 aliphatic rings. The zero-order valence-corrected chi connectivity index (χ0v) is 16.5. The predicted molar refractivity (Wildman–Crippen MR) is 112 cm³/mol. The molecule has 2 fully saturated rings. The van der Waals surface area contributed by atoms with Crippen molar-refractivity contribution >= 4 is 0 Å². The lowest BCUT2D eigenvalue weighted by Gasteiger charge is -2.42. The molecule has 0 bridgehead atoms. The predicted octanol–water partition coefficient (Wildman–Crippen LogP) is 7.90. The topological polar surface area (TPSA) is 0 Å². The van der Waals surface area contributed by atoms with Crippen LogP contribution in [-0.4, -0.2) is 0 Å². The summed E-state index contributed by atoms with van der Waals surface area (Å²) < 4.78 is 27.9. The number of hydrogen-bond acceptors (Lipinski definition) is 0. The normalized spacial score (nSPS) is 27.2. The van der Waals surface area contributed by atoms with E-state index < -0.39 is 0 Å². The van der Waals surface area contributed by atoms with Crippen LogP contribution in [0, 0.1) is 29.4 Å². The van der Waals surface area contributed by atoms with Gasteiger partial charge in [0.2, 0.25) is 0 Å². The molecule has 2 saturated carbocycles. The van der Waals surface area contributed by atoms with Gasteiger partial charge in [0.05, 0.1) is 0 Å². The van der Waals surface area contributed by atoms with E-state index in [1.807, 2.05) is 12.1 Å². The molecule has 0 nitrogen and oxygen atoms in total. The van der Waals surface area contributed by atoms with E-state index in [4.69, 9.17) is 0 Å². The van der Waals surface area contributed by atoms with E-state index in [2.05, 4.69) is 12.6 Å². The SMILES string of the molecule is C=CCCC1CCC2CC(c3ccc(-c4ccc(F)cc4)c(F)c3)CCC2C1. The summed E-state index contributed by atoms with van der Waals surface area (Å²) in [4.78, 5) is 0. The zero-order chi connectivity index (χ0) is 19.5. The van der Waals surface area contributed by atoms with Gasteiger partial charge in [-0.1, -0.05) is 36.8 Å². The Morgan fingerprint density at radius 3 is 2.39 bits per heavy atom. The molecular formula is C26H30F2.